The van der Waals surface area contributed by atoms with Gasteiger partial charge in [0.15, 0.2) is 5.75 Å². The van der Waals surface area contributed by atoms with Crippen LogP contribution < -0.4 is 18.9 Å². The number of methoxy groups -OCH3 is 1. The molecule has 0 aliphatic heterocycles. The number of halogens is 3. The molecule has 6 nitrogen and oxygen atoms in total. The second-order valence-electron chi connectivity index (χ2n) is 8.36. The summed E-state index contributed by atoms with van der Waals surface area (Å²) < 4.78 is 47.7. The van der Waals surface area contributed by atoms with E-state index in [0.29, 0.717) is 10.2 Å². The predicted octanol–water partition coefficient (Wildman–Crippen LogP) is 7.31. The largest absolute Gasteiger partial charge is 0.497 e. The zero-order valence-corrected chi connectivity index (χ0v) is 24.2. The van der Waals surface area contributed by atoms with Gasteiger partial charge in [0.25, 0.3) is 0 Å². The second-order valence-corrected chi connectivity index (χ2v) is 12.6. The third-order valence-corrected chi connectivity index (χ3v) is 9.03. The number of ether oxygens (including phenoxy) is 3. The number of nitrogens with one attached hydrogen (secondary N) is 1. The summed E-state index contributed by atoms with van der Waals surface area (Å²) in [4.78, 5) is -0.0229. The Morgan fingerprint density at radius 1 is 1.03 bits per heavy atom. The molecular weight excluding hydrogens is 609 g/mol. The van der Waals surface area contributed by atoms with Gasteiger partial charge >= 0.3 is 0 Å². The minimum Gasteiger partial charge on any atom is -0.497 e. The number of rotatable bonds is 11. The van der Waals surface area contributed by atoms with Crippen molar-refractivity contribution in [3.05, 3.63) is 74.7 Å². The van der Waals surface area contributed by atoms with Crippen LogP contribution >= 0.6 is 50.9 Å². The van der Waals surface area contributed by atoms with Crippen LogP contribution in [0.15, 0.2) is 64.0 Å². The molecule has 0 bridgehead atoms. The average molecular weight is 633 g/mol. The molecule has 4 rings (SSSR count). The highest BCUT2D eigenvalue weighted by molar-refractivity contribution is 9.10. The van der Waals surface area contributed by atoms with Gasteiger partial charge in [0, 0.05) is 21.8 Å². The average Bonchev–Trinajstić information content (AvgIpc) is 3.59. The second kappa shape index (κ2) is 11.4. The van der Waals surface area contributed by atoms with Crippen LogP contribution in [0.2, 0.25) is 10.0 Å². The van der Waals surface area contributed by atoms with E-state index in [1.807, 2.05) is 30.5 Å². The Balaban J connectivity index is 1.66. The zero-order valence-electron chi connectivity index (χ0n) is 19.5. The smallest absolute Gasteiger partial charge is 0.244 e. The molecule has 0 unspecified atom stereocenters. The fourth-order valence-electron chi connectivity index (χ4n) is 3.55. The Bertz CT molecular complexity index is 1330. The SMILES string of the molecule is COc1ccc(COc2ccc(Oc3c(Cl)cc(Br)cc3Cl)cc2S(=O)(=O)NC2(CSC)CC2)cc1. The highest BCUT2D eigenvalue weighted by Gasteiger charge is 2.46. The van der Waals surface area contributed by atoms with Gasteiger partial charge in [-0.15, -0.1) is 0 Å². The van der Waals surface area contributed by atoms with Gasteiger partial charge in [-0.25, -0.2) is 13.1 Å². The molecule has 1 saturated carbocycles. The van der Waals surface area contributed by atoms with Crippen molar-refractivity contribution in [1.82, 2.24) is 4.72 Å². The minimum absolute atomic E-state index is 0.0229. The Morgan fingerprint density at radius 2 is 1.67 bits per heavy atom. The number of sulfonamides is 1. The summed E-state index contributed by atoms with van der Waals surface area (Å²) in [5.41, 5.74) is 0.419. The summed E-state index contributed by atoms with van der Waals surface area (Å²) in [5.74, 6) is 2.10. The van der Waals surface area contributed by atoms with E-state index in [9.17, 15) is 8.42 Å². The Hall–Kier alpha value is -1.62. The normalized spacial score (nSPS) is 14.4. The van der Waals surface area contributed by atoms with Crippen LogP contribution in [-0.2, 0) is 16.6 Å². The Kier molecular flexibility index (Phi) is 8.69. The number of thioether (sulfide) groups is 1. The van der Waals surface area contributed by atoms with E-state index in [-0.39, 0.29) is 38.8 Å². The lowest BCUT2D eigenvalue weighted by Crippen LogP contribution is -2.38. The lowest BCUT2D eigenvalue weighted by Gasteiger charge is -2.19. The molecule has 3 aromatic rings. The standard InChI is InChI=1S/C25H24BrCl2NO5S2/c1-32-18-5-3-16(4-6-18)14-33-22-8-7-19(34-24-20(27)11-17(26)12-21(24)28)13-23(22)36(30,31)29-25(9-10-25)15-35-2/h3-8,11-13,29H,9-10,14-15H2,1-2H3. The molecule has 192 valence electrons. The van der Waals surface area contributed by atoms with Crippen molar-refractivity contribution in [3.63, 3.8) is 0 Å². The summed E-state index contributed by atoms with van der Waals surface area (Å²) >= 11 is 17.6. The molecule has 11 heteroatoms. The maximum absolute atomic E-state index is 13.5. The van der Waals surface area contributed by atoms with Crippen molar-refractivity contribution < 1.29 is 22.6 Å². The van der Waals surface area contributed by atoms with E-state index < -0.39 is 15.6 Å². The minimum atomic E-state index is -3.93. The van der Waals surface area contributed by atoms with Crippen LogP contribution in [0, 0.1) is 0 Å². The van der Waals surface area contributed by atoms with E-state index >= 15 is 0 Å². The number of hydrogen-bond acceptors (Lipinski definition) is 6. The molecule has 0 heterocycles. The molecule has 1 aliphatic carbocycles. The summed E-state index contributed by atoms with van der Waals surface area (Å²) in [7, 11) is -2.33. The van der Waals surface area contributed by atoms with Gasteiger partial charge in [-0.2, -0.15) is 11.8 Å². The Labute approximate surface area is 233 Å². The molecule has 0 atom stereocenters. The molecule has 0 amide bonds. The third-order valence-electron chi connectivity index (χ3n) is 5.57. The molecule has 1 N–H and O–H groups in total. The van der Waals surface area contributed by atoms with Gasteiger partial charge in [0.05, 0.1) is 17.2 Å². The van der Waals surface area contributed by atoms with Crippen molar-refractivity contribution in [2.75, 3.05) is 19.1 Å². The monoisotopic (exact) mass is 631 g/mol. The highest BCUT2D eigenvalue weighted by atomic mass is 79.9. The predicted molar refractivity (Wildman–Crippen MR) is 149 cm³/mol. The van der Waals surface area contributed by atoms with Gasteiger partial charge in [0.2, 0.25) is 10.0 Å². The zero-order chi connectivity index (χ0) is 25.9. The van der Waals surface area contributed by atoms with Crippen molar-refractivity contribution in [2.45, 2.75) is 29.9 Å². The quantitative estimate of drug-likeness (QED) is 0.239. The topological polar surface area (TPSA) is 73.9 Å². The molecule has 1 fully saturated rings. The van der Waals surface area contributed by atoms with Gasteiger partial charge in [0.1, 0.15) is 28.8 Å². The van der Waals surface area contributed by atoms with Gasteiger partial charge in [-0.05, 0) is 61.1 Å². The van der Waals surface area contributed by atoms with Crippen LogP contribution in [0.3, 0.4) is 0 Å². The number of hydrogen-bond donors (Lipinski definition) is 1. The fraction of sp³-hybridized carbons (Fsp3) is 0.280. The molecule has 3 aromatic carbocycles. The van der Waals surface area contributed by atoms with Crippen LogP contribution in [0.4, 0.5) is 0 Å². The maximum Gasteiger partial charge on any atom is 0.244 e. The van der Waals surface area contributed by atoms with Gasteiger partial charge in [-0.3, -0.25) is 0 Å². The Morgan fingerprint density at radius 3 is 2.25 bits per heavy atom. The lowest BCUT2D eigenvalue weighted by molar-refractivity contribution is 0.297. The van der Waals surface area contributed by atoms with Gasteiger partial charge < -0.3 is 14.2 Å². The molecule has 0 spiro atoms. The van der Waals surface area contributed by atoms with Crippen LogP contribution in [0.25, 0.3) is 0 Å². The van der Waals surface area contributed by atoms with E-state index in [4.69, 9.17) is 37.4 Å². The molecule has 0 saturated heterocycles. The molecule has 0 aromatic heterocycles. The fourth-order valence-corrected chi connectivity index (χ4v) is 7.46. The first-order valence-corrected chi connectivity index (χ1v) is 15.3. The van der Waals surface area contributed by atoms with Crippen LogP contribution in [-0.4, -0.2) is 33.1 Å². The highest BCUT2D eigenvalue weighted by Crippen LogP contribution is 2.42. The molecule has 36 heavy (non-hydrogen) atoms. The van der Waals surface area contributed by atoms with Crippen molar-refractivity contribution in [2.24, 2.45) is 0 Å². The molecule has 1 aliphatic rings. The first-order chi connectivity index (χ1) is 17.1. The van der Waals surface area contributed by atoms with E-state index in [0.717, 1.165) is 24.2 Å². The summed E-state index contributed by atoms with van der Waals surface area (Å²) in [6.07, 6.45) is 3.53. The summed E-state index contributed by atoms with van der Waals surface area (Å²) in [5, 5.41) is 0.572. The summed E-state index contributed by atoms with van der Waals surface area (Å²) in [6, 6.07) is 15.3. The maximum atomic E-state index is 13.5. The van der Waals surface area contributed by atoms with E-state index in [2.05, 4.69) is 20.7 Å². The van der Waals surface area contributed by atoms with E-state index in [1.54, 1.807) is 43.1 Å². The molecule has 0 radical (unpaired) electrons. The van der Waals surface area contributed by atoms with Crippen molar-refractivity contribution in [1.29, 1.82) is 0 Å². The first kappa shape index (κ1) is 27.4. The van der Waals surface area contributed by atoms with E-state index in [1.165, 1.54) is 6.07 Å². The lowest BCUT2D eigenvalue weighted by atomic mass is 10.2. The van der Waals surface area contributed by atoms with Crippen LogP contribution in [0.1, 0.15) is 18.4 Å². The van der Waals surface area contributed by atoms with Crippen molar-refractivity contribution >= 4 is 60.9 Å². The molecular formula is C25H24BrCl2NO5S2. The van der Waals surface area contributed by atoms with Crippen molar-refractivity contribution in [3.8, 4) is 23.0 Å². The first-order valence-electron chi connectivity index (χ1n) is 10.9. The summed E-state index contributed by atoms with van der Waals surface area (Å²) in [6.45, 7) is 0.174. The van der Waals surface area contributed by atoms with Crippen LogP contribution in [0.5, 0.6) is 23.0 Å². The van der Waals surface area contributed by atoms with Gasteiger partial charge in [-0.1, -0.05) is 51.3 Å². The number of benzene rings is 3. The third kappa shape index (κ3) is 6.62.